The molecule has 0 aliphatic rings. The largest absolute Gasteiger partial charge is 0.297 e. The maximum atomic E-state index is 12.1. The Morgan fingerprint density at radius 2 is 1.12 bits per heavy atom. The lowest BCUT2D eigenvalue weighted by molar-refractivity contribution is 0.399. The van der Waals surface area contributed by atoms with Crippen molar-refractivity contribution < 1.29 is 38.9 Å². The molecule has 0 spiro atoms. The molecule has 0 saturated heterocycles. The quantitative estimate of drug-likeness (QED) is 0.225. The molecule has 1 atom stereocenters. The zero-order valence-electron chi connectivity index (χ0n) is 18.5. The van der Waals surface area contributed by atoms with Crippen molar-refractivity contribution in [1.29, 1.82) is 0 Å². The second-order valence-corrected chi connectivity index (χ2v) is 12.2. The molecule has 0 aliphatic heterocycles. The van der Waals surface area contributed by atoms with E-state index in [2.05, 4.69) is 6.92 Å². The zero-order chi connectivity index (χ0) is 24.6. The Balaban J connectivity index is 3.46. The Labute approximate surface area is 191 Å². The summed E-state index contributed by atoms with van der Waals surface area (Å²) in [6, 6.07) is 1.79. The molecule has 0 amide bonds. The van der Waals surface area contributed by atoms with Gasteiger partial charge < -0.3 is 0 Å². The Kier molecular flexibility index (Phi) is 11.3. The van der Waals surface area contributed by atoms with Gasteiger partial charge in [-0.2, -0.15) is 25.3 Å². The van der Waals surface area contributed by atoms with Gasteiger partial charge in [0.25, 0.3) is 30.4 Å². The summed E-state index contributed by atoms with van der Waals surface area (Å²) in [5.74, 6) is -0.0329. The second kappa shape index (κ2) is 12.4. The fourth-order valence-electron chi connectivity index (χ4n) is 3.86. The van der Waals surface area contributed by atoms with Gasteiger partial charge in [-0.3, -0.25) is 13.7 Å². The Bertz CT molecular complexity index is 1060. The molecule has 0 fully saturated rings. The van der Waals surface area contributed by atoms with Gasteiger partial charge in [0.1, 0.15) is 14.7 Å². The minimum Gasteiger partial charge on any atom is -0.282 e. The zero-order valence-corrected chi connectivity index (χ0v) is 21.0. The molecule has 1 aromatic carbocycles. The van der Waals surface area contributed by atoms with Crippen LogP contribution in [-0.2, 0) is 36.8 Å². The molecule has 0 radical (unpaired) electrons. The highest BCUT2D eigenvalue weighted by molar-refractivity contribution is 7.90. The smallest absolute Gasteiger partial charge is 0.282 e. The van der Waals surface area contributed by atoms with E-state index >= 15 is 0 Å². The Morgan fingerprint density at radius 3 is 1.59 bits per heavy atom. The van der Waals surface area contributed by atoms with Crippen molar-refractivity contribution >= 4 is 30.4 Å². The van der Waals surface area contributed by atoms with E-state index in [4.69, 9.17) is 0 Å². The summed E-state index contributed by atoms with van der Waals surface area (Å²) in [6.45, 7) is 4.15. The van der Waals surface area contributed by atoms with Crippen molar-refractivity contribution in [2.45, 2.75) is 99.2 Å². The van der Waals surface area contributed by atoms with Crippen LogP contribution in [0.1, 0.15) is 83.6 Å². The molecule has 3 N–H and O–H groups in total. The maximum Gasteiger partial charge on any atom is 0.297 e. The fourth-order valence-corrected chi connectivity index (χ4v) is 7.27. The summed E-state index contributed by atoms with van der Waals surface area (Å²) < 4.78 is 99.8. The van der Waals surface area contributed by atoms with Crippen LogP contribution >= 0.6 is 0 Å². The molecule has 9 nitrogen and oxygen atoms in total. The lowest BCUT2D eigenvalue weighted by Gasteiger charge is -2.20. The van der Waals surface area contributed by atoms with Crippen molar-refractivity contribution in [2.75, 3.05) is 0 Å². The average Bonchev–Trinajstić information content (AvgIpc) is 2.65. The average molecular weight is 515 g/mol. The van der Waals surface area contributed by atoms with Crippen LogP contribution in [0.4, 0.5) is 0 Å². The third kappa shape index (κ3) is 9.06. The first-order chi connectivity index (χ1) is 14.7. The van der Waals surface area contributed by atoms with Crippen LogP contribution in [0.25, 0.3) is 0 Å². The standard InChI is InChI=1S/C20H34O9S3/c1-3-5-7-8-10-12-16(11-9-6-4-2)15-17-13-14-18(30(21,22)23)20(32(27,28)29)19(17)31(24,25)26/h13-14,16H,3-12,15H2,1-2H3,(H,21,22,23)(H,24,25,26)(H,27,28,29). The predicted molar refractivity (Wildman–Crippen MR) is 121 cm³/mol. The Hall–Kier alpha value is -1.05. The molecule has 1 unspecified atom stereocenters. The highest BCUT2D eigenvalue weighted by Crippen LogP contribution is 2.34. The summed E-state index contributed by atoms with van der Waals surface area (Å²) in [7, 11) is -15.9. The van der Waals surface area contributed by atoms with E-state index < -0.39 is 45.0 Å². The van der Waals surface area contributed by atoms with E-state index in [-0.39, 0.29) is 17.9 Å². The van der Waals surface area contributed by atoms with Crippen molar-refractivity contribution in [2.24, 2.45) is 5.92 Å². The number of rotatable bonds is 15. The summed E-state index contributed by atoms with van der Waals surface area (Å²) in [6.07, 6.45) is 9.57. The number of unbranched alkanes of at least 4 members (excludes halogenated alkanes) is 6. The third-order valence-electron chi connectivity index (χ3n) is 5.39. The monoisotopic (exact) mass is 514 g/mol. The van der Waals surface area contributed by atoms with E-state index in [1.807, 2.05) is 6.92 Å². The van der Waals surface area contributed by atoms with E-state index in [0.29, 0.717) is 0 Å². The first-order valence-corrected chi connectivity index (χ1v) is 15.1. The number of benzene rings is 1. The molecule has 32 heavy (non-hydrogen) atoms. The van der Waals surface area contributed by atoms with Crippen LogP contribution in [0.3, 0.4) is 0 Å². The molecule has 0 saturated carbocycles. The van der Waals surface area contributed by atoms with Crippen molar-refractivity contribution in [3.05, 3.63) is 17.7 Å². The first-order valence-electron chi connectivity index (χ1n) is 10.8. The van der Waals surface area contributed by atoms with Gasteiger partial charge in [-0.25, -0.2) is 0 Å². The van der Waals surface area contributed by atoms with Crippen LogP contribution in [0.2, 0.25) is 0 Å². The second-order valence-electron chi connectivity index (χ2n) is 8.08. The molecule has 0 bridgehead atoms. The summed E-state index contributed by atoms with van der Waals surface area (Å²) in [5.41, 5.74) is -0.123. The maximum absolute atomic E-state index is 12.1. The van der Waals surface area contributed by atoms with Gasteiger partial charge in [-0.1, -0.05) is 84.1 Å². The highest BCUT2D eigenvalue weighted by atomic mass is 32.2. The van der Waals surface area contributed by atoms with Crippen LogP contribution in [0, 0.1) is 5.92 Å². The van der Waals surface area contributed by atoms with E-state index in [9.17, 15) is 38.9 Å². The number of hydrogen-bond acceptors (Lipinski definition) is 6. The van der Waals surface area contributed by atoms with Crippen molar-refractivity contribution in [3.8, 4) is 0 Å². The molecule has 1 rings (SSSR count). The lowest BCUT2D eigenvalue weighted by atomic mass is 9.89. The van der Waals surface area contributed by atoms with Crippen LogP contribution in [0.5, 0.6) is 0 Å². The predicted octanol–water partition coefficient (Wildman–Crippen LogP) is 4.53. The lowest BCUT2D eigenvalue weighted by Crippen LogP contribution is -2.18. The fraction of sp³-hybridized carbons (Fsp3) is 0.700. The highest BCUT2D eigenvalue weighted by Gasteiger charge is 2.35. The molecular weight excluding hydrogens is 480 g/mol. The molecule has 1 aromatic rings. The van der Waals surface area contributed by atoms with Crippen molar-refractivity contribution in [1.82, 2.24) is 0 Å². The van der Waals surface area contributed by atoms with Crippen LogP contribution in [-0.4, -0.2) is 38.9 Å². The molecule has 12 heteroatoms. The van der Waals surface area contributed by atoms with Gasteiger partial charge in [0.15, 0.2) is 0 Å². The van der Waals surface area contributed by atoms with E-state index in [1.165, 1.54) is 0 Å². The van der Waals surface area contributed by atoms with Gasteiger partial charge in [0.2, 0.25) is 0 Å². The minimum absolute atomic E-state index is 0.0329. The summed E-state index contributed by atoms with van der Waals surface area (Å²) in [5, 5.41) is 0. The van der Waals surface area contributed by atoms with Gasteiger partial charge in [-0.15, -0.1) is 0 Å². The van der Waals surface area contributed by atoms with Crippen molar-refractivity contribution in [3.63, 3.8) is 0 Å². The van der Waals surface area contributed by atoms with Gasteiger partial charge in [0.05, 0.1) is 0 Å². The van der Waals surface area contributed by atoms with E-state index in [1.54, 1.807) is 0 Å². The minimum atomic E-state index is -5.42. The topological polar surface area (TPSA) is 163 Å². The summed E-state index contributed by atoms with van der Waals surface area (Å²) in [4.78, 5) is -4.05. The third-order valence-corrected chi connectivity index (χ3v) is 8.47. The van der Waals surface area contributed by atoms with Gasteiger partial charge in [-0.05, 0) is 24.0 Å². The molecule has 186 valence electrons. The molecule has 0 heterocycles. The van der Waals surface area contributed by atoms with Crippen LogP contribution in [0.15, 0.2) is 26.8 Å². The molecule has 0 aliphatic carbocycles. The first kappa shape index (κ1) is 29.0. The van der Waals surface area contributed by atoms with Gasteiger partial charge >= 0.3 is 0 Å². The molecule has 0 aromatic heterocycles. The normalized spacial score (nSPS) is 13.9. The van der Waals surface area contributed by atoms with Gasteiger partial charge in [0, 0.05) is 0 Å². The van der Waals surface area contributed by atoms with Crippen LogP contribution < -0.4 is 0 Å². The number of hydrogen-bond donors (Lipinski definition) is 3. The van der Waals surface area contributed by atoms with E-state index in [0.717, 1.165) is 76.3 Å². The SMILES string of the molecule is CCCCCCCC(CCCCC)Cc1ccc(S(=O)(=O)O)c(S(=O)(=O)O)c1S(=O)(=O)O. The summed E-state index contributed by atoms with van der Waals surface area (Å²) >= 11 is 0. The Morgan fingerprint density at radius 1 is 0.656 bits per heavy atom. The molecular formula is C20H34O9S3.